The standard InChI is InChI=1S/C13H25ClN6/c1-5-19(6-2)9-8-10-20(7-3)13-17-11(14)16-12(15-4)18-13/h5-10H2,1-4H3,(H,15,16,17,18). The minimum atomic E-state index is 0.224. The lowest BCUT2D eigenvalue weighted by Gasteiger charge is -2.23. The zero-order valence-corrected chi connectivity index (χ0v) is 13.6. The van der Waals surface area contributed by atoms with Crippen LogP contribution in [0.25, 0.3) is 0 Å². The predicted molar refractivity (Wildman–Crippen MR) is 84.7 cm³/mol. The van der Waals surface area contributed by atoms with Gasteiger partial charge in [-0.25, -0.2) is 0 Å². The normalized spacial score (nSPS) is 10.9. The number of nitrogens with zero attached hydrogens (tertiary/aromatic N) is 5. The summed E-state index contributed by atoms with van der Waals surface area (Å²) in [4.78, 5) is 17.1. The van der Waals surface area contributed by atoms with Crippen molar-refractivity contribution in [2.75, 3.05) is 50.0 Å². The van der Waals surface area contributed by atoms with Gasteiger partial charge in [0.05, 0.1) is 0 Å². The summed E-state index contributed by atoms with van der Waals surface area (Å²) in [6.45, 7) is 11.5. The van der Waals surface area contributed by atoms with E-state index < -0.39 is 0 Å². The molecule has 0 atom stereocenters. The van der Waals surface area contributed by atoms with Crippen molar-refractivity contribution in [1.82, 2.24) is 19.9 Å². The summed E-state index contributed by atoms with van der Waals surface area (Å²) in [5.41, 5.74) is 0. The maximum absolute atomic E-state index is 5.92. The Morgan fingerprint density at radius 1 is 1.00 bits per heavy atom. The van der Waals surface area contributed by atoms with Crippen LogP contribution in [0.1, 0.15) is 27.2 Å². The molecule has 0 bridgehead atoms. The van der Waals surface area contributed by atoms with Crippen molar-refractivity contribution in [3.8, 4) is 0 Å². The average Bonchev–Trinajstić information content (AvgIpc) is 2.47. The largest absolute Gasteiger partial charge is 0.357 e. The van der Waals surface area contributed by atoms with Crippen LogP contribution in [0.2, 0.25) is 5.28 Å². The monoisotopic (exact) mass is 300 g/mol. The Morgan fingerprint density at radius 2 is 1.70 bits per heavy atom. The van der Waals surface area contributed by atoms with Crippen molar-refractivity contribution < 1.29 is 0 Å². The van der Waals surface area contributed by atoms with E-state index in [0.717, 1.165) is 39.1 Å². The van der Waals surface area contributed by atoms with Crippen molar-refractivity contribution in [3.05, 3.63) is 5.28 Å². The van der Waals surface area contributed by atoms with Gasteiger partial charge in [-0.15, -0.1) is 0 Å². The number of hydrogen-bond acceptors (Lipinski definition) is 6. The molecule has 0 aliphatic heterocycles. The molecule has 1 aromatic heterocycles. The zero-order valence-electron chi connectivity index (χ0n) is 12.9. The van der Waals surface area contributed by atoms with Crippen LogP contribution >= 0.6 is 11.6 Å². The summed E-state index contributed by atoms with van der Waals surface area (Å²) in [6, 6.07) is 0. The van der Waals surface area contributed by atoms with E-state index in [-0.39, 0.29) is 5.28 Å². The molecule has 20 heavy (non-hydrogen) atoms. The molecule has 114 valence electrons. The van der Waals surface area contributed by atoms with Gasteiger partial charge < -0.3 is 15.1 Å². The Hall–Kier alpha value is -1.14. The first-order chi connectivity index (χ1) is 9.64. The Balaban J connectivity index is 2.64. The van der Waals surface area contributed by atoms with Gasteiger partial charge in [0.2, 0.25) is 17.2 Å². The van der Waals surface area contributed by atoms with Gasteiger partial charge in [0.25, 0.3) is 0 Å². The smallest absolute Gasteiger partial charge is 0.231 e. The molecule has 0 radical (unpaired) electrons. The minimum absolute atomic E-state index is 0.224. The van der Waals surface area contributed by atoms with Crippen LogP contribution in [0, 0.1) is 0 Å². The zero-order chi connectivity index (χ0) is 15.0. The number of aromatic nitrogens is 3. The first kappa shape index (κ1) is 16.9. The number of rotatable bonds is 9. The Labute approximate surface area is 126 Å². The van der Waals surface area contributed by atoms with Gasteiger partial charge in [0, 0.05) is 20.1 Å². The topological polar surface area (TPSA) is 57.2 Å². The Kier molecular flexibility index (Phi) is 7.54. The maximum Gasteiger partial charge on any atom is 0.231 e. The van der Waals surface area contributed by atoms with E-state index in [1.807, 2.05) is 0 Å². The Bertz CT molecular complexity index is 396. The number of hydrogen-bond donors (Lipinski definition) is 1. The molecule has 0 aliphatic rings. The number of anilines is 2. The van der Waals surface area contributed by atoms with Crippen LogP contribution in [-0.2, 0) is 0 Å². The highest BCUT2D eigenvalue weighted by atomic mass is 35.5. The van der Waals surface area contributed by atoms with Crippen LogP contribution in [-0.4, -0.2) is 59.6 Å². The van der Waals surface area contributed by atoms with Gasteiger partial charge in [0.1, 0.15) is 0 Å². The second-order valence-electron chi connectivity index (χ2n) is 4.44. The first-order valence-electron chi connectivity index (χ1n) is 7.21. The van der Waals surface area contributed by atoms with E-state index in [1.54, 1.807) is 7.05 Å². The fourth-order valence-electron chi connectivity index (χ4n) is 2.02. The summed E-state index contributed by atoms with van der Waals surface area (Å²) in [5.74, 6) is 1.14. The molecule has 0 amide bonds. The highest BCUT2D eigenvalue weighted by Gasteiger charge is 2.11. The van der Waals surface area contributed by atoms with E-state index in [1.165, 1.54) is 0 Å². The first-order valence-corrected chi connectivity index (χ1v) is 7.58. The molecule has 0 saturated carbocycles. The minimum Gasteiger partial charge on any atom is -0.357 e. The fourth-order valence-corrected chi connectivity index (χ4v) is 2.17. The highest BCUT2D eigenvalue weighted by Crippen LogP contribution is 2.13. The van der Waals surface area contributed by atoms with Gasteiger partial charge in [-0.3, -0.25) is 0 Å². The molecule has 0 fully saturated rings. The van der Waals surface area contributed by atoms with Crippen LogP contribution in [0.15, 0.2) is 0 Å². The third-order valence-electron chi connectivity index (χ3n) is 3.28. The van der Waals surface area contributed by atoms with Gasteiger partial charge in [-0.05, 0) is 44.6 Å². The lowest BCUT2D eigenvalue weighted by atomic mass is 10.3. The van der Waals surface area contributed by atoms with Crippen molar-refractivity contribution in [1.29, 1.82) is 0 Å². The second-order valence-corrected chi connectivity index (χ2v) is 4.78. The second kappa shape index (κ2) is 8.92. The third-order valence-corrected chi connectivity index (χ3v) is 3.45. The molecule has 0 aromatic carbocycles. The number of halogens is 1. The molecule has 0 unspecified atom stereocenters. The van der Waals surface area contributed by atoms with Gasteiger partial charge in [0.15, 0.2) is 0 Å². The van der Waals surface area contributed by atoms with Crippen molar-refractivity contribution >= 4 is 23.5 Å². The highest BCUT2D eigenvalue weighted by molar-refractivity contribution is 6.28. The van der Waals surface area contributed by atoms with Crippen molar-refractivity contribution in [2.24, 2.45) is 0 Å². The van der Waals surface area contributed by atoms with Gasteiger partial charge in [-0.1, -0.05) is 13.8 Å². The summed E-state index contributed by atoms with van der Waals surface area (Å²) in [7, 11) is 1.77. The lowest BCUT2D eigenvalue weighted by Crippen LogP contribution is -2.31. The predicted octanol–water partition coefficient (Wildman–Crippen LogP) is 2.12. The summed E-state index contributed by atoms with van der Waals surface area (Å²) in [5, 5.41) is 3.12. The van der Waals surface area contributed by atoms with E-state index in [0.29, 0.717) is 11.9 Å². The molecule has 1 heterocycles. The molecular weight excluding hydrogens is 276 g/mol. The van der Waals surface area contributed by atoms with E-state index >= 15 is 0 Å². The number of nitrogens with one attached hydrogen (secondary N) is 1. The van der Waals surface area contributed by atoms with E-state index in [2.05, 4.69) is 50.8 Å². The quantitative estimate of drug-likeness (QED) is 0.754. The van der Waals surface area contributed by atoms with Crippen LogP contribution in [0.3, 0.4) is 0 Å². The summed E-state index contributed by atoms with van der Waals surface area (Å²) in [6.07, 6.45) is 1.08. The maximum atomic E-state index is 5.92. The van der Waals surface area contributed by atoms with E-state index in [4.69, 9.17) is 11.6 Å². The van der Waals surface area contributed by atoms with Crippen molar-refractivity contribution in [2.45, 2.75) is 27.2 Å². The summed E-state index contributed by atoms with van der Waals surface area (Å²) < 4.78 is 0. The molecule has 0 saturated heterocycles. The van der Waals surface area contributed by atoms with Crippen LogP contribution < -0.4 is 10.2 Å². The lowest BCUT2D eigenvalue weighted by molar-refractivity contribution is 0.300. The van der Waals surface area contributed by atoms with Crippen LogP contribution in [0.4, 0.5) is 11.9 Å². The molecule has 1 N–H and O–H groups in total. The molecule has 1 aromatic rings. The Morgan fingerprint density at radius 3 is 2.25 bits per heavy atom. The van der Waals surface area contributed by atoms with Gasteiger partial charge >= 0.3 is 0 Å². The van der Waals surface area contributed by atoms with Crippen molar-refractivity contribution in [3.63, 3.8) is 0 Å². The van der Waals surface area contributed by atoms with Crippen LogP contribution in [0.5, 0.6) is 0 Å². The molecule has 1 rings (SSSR count). The third kappa shape index (κ3) is 5.09. The summed E-state index contributed by atoms with van der Waals surface area (Å²) >= 11 is 5.92. The van der Waals surface area contributed by atoms with E-state index in [9.17, 15) is 0 Å². The van der Waals surface area contributed by atoms with Gasteiger partial charge in [-0.2, -0.15) is 15.0 Å². The molecule has 7 heteroatoms. The fraction of sp³-hybridized carbons (Fsp3) is 0.769. The average molecular weight is 301 g/mol. The molecule has 0 spiro atoms. The molecule has 0 aliphatic carbocycles. The molecular formula is C13H25ClN6. The molecule has 6 nitrogen and oxygen atoms in total. The SMILES string of the molecule is CCN(CC)CCCN(CC)c1nc(Cl)nc(NC)n1.